The van der Waals surface area contributed by atoms with Gasteiger partial charge >= 0.3 is 0 Å². The fraction of sp³-hybridized carbons (Fsp3) is 0.154. The van der Waals surface area contributed by atoms with Gasteiger partial charge in [0.25, 0.3) is 5.56 Å². The second-order valence-corrected chi connectivity index (χ2v) is 7.51. The number of rotatable bonds is 4. The highest BCUT2D eigenvalue weighted by Crippen LogP contribution is 2.33. The molecule has 0 aliphatic carbocycles. The van der Waals surface area contributed by atoms with Gasteiger partial charge < -0.3 is 9.72 Å². The lowest BCUT2D eigenvalue weighted by molar-refractivity contribution is 0.431. The van der Waals surface area contributed by atoms with Crippen molar-refractivity contribution in [3.05, 3.63) is 56.4 Å². The molecule has 0 aliphatic rings. The van der Waals surface area contributed by atoms with Crippen LogP contribution in [0.1, 0.15) is 5.56 Å². The predicted octanol–water partition coefficient (Wildman–Crippen LogP) is 2.75. The standard InChI is InChI=1S/C13H10BrF2NO4S/c1-22(19,20)6-8-12(9(14)5-17-13(8)18)21-11-3-2-7(15)4-10(11)16/h2-5H,6H2,1H3,(H,17,18). The molecule has 5 nitrogen and oxygen atoms in total. The Labute approximate surface area is 133 Å². The number of benzene rings is 1. The van der Waals surface area contributed by atoms with Crippen molar-refractivity contribution < 1.29 is 21.9 Å². The first kappa shape index (κ1) is 16.6. The van der Waals surface area contributed by atoms with Crippen molar-refractivity contribution in [1.29, 1.82) is 0 Å². The molecule has 0 bridgehead atoms. The van der Waals surface area contributed by atoms with E-state index in [0.717, 1.165) is 18.4 Å². The second-order valence-electron chi connectivity index (χ2n) is 4.52. The van der Waals surface area contributed by atoms with Crippen LogP contribution in [0.15, 0.2) is 33.7 Å². The quantitative estimate of drug-likeness (QED) is 0.866. The van der Waals surface area contributed by atoms with Crippen molar-refractivity contribution in [1.82, 2.24) is 4.98 Å². The van der Waals surface area contributed by atoms with E-state index in [0.29, 0.717) is 6.07 Å². The van der Waals surface area contributed by atoms with E-state index in [-0.39, 0.29) is 21.5 Å². The number of nitrogens with one attached hydrogen (secondary N) is 1. The lowest BCUT2D eigenvalue weighted by Crippen LogP contribution is -2.17. The van der Waals surface area contributed by atoms with Gasteiger partial charge in [-0.15, -0.1) is 0 Å². The molecule has 2 aromatic rings. The lowest BCUT2D eigenvalue weighted by atomic mass is 10.2. The minimum atomic E-state index is -3.52. The summed E-state index contributed by atoms with van der Waals surface area (Å²) < 4.78 is 54.9. The SMILES string of the molecule is CS(=O)(=O)Cc1c(Oc2ccc(F)cc2F)c(Br)c[nH]c1=O. The monoisotopic (exact) mass is 393 g/mol. The summed E-state index contributed by atoms with van der Waals surface area (Å²) in [7, 11) is -3.52. The second kappa shape index (κ2) is 6.17. The van der Waals surface area contributed by atoms with Crippen LogP contribution < -0.4 is 10.3 Å². The number of sulfone groups is 1. The van der Waals surface area contributed by atoms with Gasteiger partial charge in [-0.05, 0) is 28.1 Å². The Hall–Kier alpha value is -1.74. The van der Waals surface area contributed by atoms with Gasteiger partial charge in [-0.2, -0.15) is 0 Å². The molecular weight excluding hydrogens is 384 g/mol. The minimum Gasteiger partial charge on any atom is -0.452 e. The molecular formula is C13H10BrF2NO4S. The van der Waals surface area contributed by atoms with Gasteiger partial charge in [0.1, 0.15) is 5.82 Å². The van der Waals surface area contributed by atoms with Gasteiger partial charge in [0, 0.05) is 18.5 Å². The molecule has 1 aromatic heterocycles. The molecule has 118 valence electrons. The third-order valence-corrected chi connectivity index (χ3v) is 4.01. The number of hydrogen-bond acceptors (Lipinski definition) is 4. The zero-order chi connectivity index (χ0) is 16.5. The lowest BCUT2D eigenvalue weighted by Gasteiger charge is -2.12. The number of hydrogen-bond donors (Lipinski definition) is 1. The van der Waals surface area contributed by atoms with Gasteiger partial charge in [-0.25, -0.2) is 17.2 Å². The Bertz CT molecular complexity index is 880. The molecule has 0 unspecified atom stereocenters. The van der Waals surface area contributed by atoms with Crippen LogP contribution in [0.4, 0.5) is 8.78 Å². The molecule has 0 atom stereocenters. The molecule has 0 amide bonds. The van der Waals surface area contributed by atoms with Crippen LogP contribution in [0.3, 0.4) is 0 Å². The van der Waals surface area contributed by atoms with Gasteiger partial charge in [-0.3, -0.25) is 4.79 Å². The highest BCUT2D eigenvalue weighted by Gasteiger charge is 2.19. The molecule has 22 heavy (non-hydrogen) atoms. The molecule has 9 heteroatoms. The smallest absolute Gasteiger partial charge is 0.256 e. The average Bonchev–Trinajstić information content (AvgIpc) is 2.39. The Morgan fingerprint density at radius 2 is 2.00 bits per heavy atom. The first-order valence-corrected chi connectivity index (χ1v) is 8.73. The molecule has 0 spiro atoms. The molecule has 0 radical (unpaired) electrons. The Balaban J connectivity index is 2.54. The van der Waals surface area contributed by atoms with E-state index in [4.69, 9.17) is 4.74 Å². The summed E-state index contributed by atoms with van der Waals surface area (Å²) >= 11 is 3.10. The topological polar surface area (TPSA) is 76.2 Å². The van der Waals surface area contributed by atoms with E-state index in [1.807, 2.05) is 0 Å². The van der Waals surface area contributed by atoms with E-state index in [1.165, 1.54) is 6.20 Å². The normalized spacial score (nSPS) is 11.5. The zero-order valence-corrected chi connectivity index (χ0v) is 13.6. The van der Waals surface area contributed by atoms with Crippen LogP contribution in [0, 0.1) is 11.6 Å². The Kier molecular flexibility index (Phi) is 4.66. The van der Waals surface area contributed by atoms with Gasteiger partial charge in [-0.1, -0.05) is 0 Å². The maximum Gasteiger partial charge on any atom is 0.256 e. The molecule has 1 heterocycles. The van der Waals surface area contributed by atoms with Crippen LogP contribution in [0.25, 0.3) is 0 Å². The van der Waals surface area contributed by atoms with Crippen molar-refractivity contribution in [2.45, 2.75) is 5.75 Å². The number of halogens is 3. The maximum atomic E-state index is 13.7. The van der Waals surface area contributed by atoms with Gasteiger partial charge in [0.2, 0.25) is 0 Å². The summed E-state index contributed by atoms with van der Waals surface area (Å²) in [5.74, 6) is -2.81. The predicted molar refractivity (Wildman–Crippen MR) is 79.7 cm³/mol. The van der Waals surface area contributed by atoms with Crippen molar-refractivity contribution in [2.75, 3.05) is 6.26 Å². The summed E-state index contributed by atoms with van der Waals surface area (Å²) in [6.45, 7) is 0. The average molecular weight is 394 g/mol. The van der Waals surface area contributed by atoms with Crippen molar-refractivity contribution >= 4 is 25.8 Å². The van der Waals surface area contributed by atoms with E-state index < -0.39 is 32.8 Å². The van der Waals surface area contributed by atoms with E-state index >= 15 is 0 Å². The van der Waals surface area contributed by atoms with Crippen molar-refractivity contribution in [3.63, 3.8) is 0 Å². The summed E-state index contributed by atoms with van der Waals surface area (Å²) in [5.41, 5.74) is -0.855. The molecule has 2 rings (SSSR count). The fourth-order valence-corrected chi connectivity index (χ4v) is 2.92. The minimum absolute atomic E-state index is 0.139. The summed E-state index contributed by atoms with van der Waals surface area (Å²) in [5, 5.41) is 0. The maximum absolute atomic E-state index is 13.7. The van der Waals surface area contributed by atoms with Gasteiger partial charge in [0.15, 0.2) is 27.2 Å². The van der Waals surface area contributed by atoms with Crippen molar-refractivity contribution in [3.8, 4) is 11.5 Å². The summed E-state index contributed by atoms with van der Waals surface area (Å²) in [6, 6.07) is 2.64. The van der Waals surface area contributed by atoms with Crippen LogP contribution in [-0.2, 0) is 15.6 Å². The Morgan fingerprint density at radius 3 is 2.59 bits per heavy atom. The highest BCUT2D eigenvalue weighted by atomic mass is 79.9. The third-order valence-electron chi connectivity index (χ3n) is 2.61. The third kappa shape index (κ3) is 3.92. The van der Waals surface area contributed by atoms with E-state index in [9.17, 15) is 22.0 Å². The summed E-state index contributed by atoms with van der Waals surface area (Å²) in [6.07, 6.45) is 2.19. The number of ether oxygens (including phenoxy) is 1. The molecule has 1 N–H and O–H groups in total. The van der Waals surface area contributed by atoms with E-state index in [2.05, 4.69) is 20.9 Å². The van der Waals surface area contributed by atoms with Crippen molar-refractivity contribution in [2.24, 2.45) is 0 Å². The van der Waals surface area contributed by atoms with Crippen LogP contribution in [-0.4, -0.2) is 19.7 Å². The van der Waals surface area contributed by atoms with Gasteiger partial charge in [0.05, 0.1) is 15.8 Å². The zero-order valence-electron chi connectivity index (χ0n) is 11.2. The number of H-pyrrole nitrogens is 1. The van der Waals surface area contributed by atoms with Crippen LogP contribution in [0.5, 0.6) is 11.5 Å². The highest BCUT2D eigenvalue weighted by molar-refractivity contribution is 9.10. The molecule has 0 saturated carbocycles. The molecule has 1 aromatic carbocycles. The van der Waals surface area contributed by atoms with Crippen LogP contribution >= 0.6 is 15.9 Å². The first-order chi connectivity index (χ1) is 10.2. The van der Waals surface area contributed by atoms with E-state index in [1.54, 1.807) is 0 Å². The number of aromatic amines is 1. The first-order valence-electron chi connectivity index (χ1n) is 5.88. The summed E-state index contributed by atoms with van der Waals surface area (Å²) in [4.78, 5) is 14.2. The number of aromatic nitrogens is 1. The Morgan fingerprint density at radius 1 is 1.32 bits per heavy atom. The molecule has 0 saturated heterocycles. The fourth-order valence-electron chi connectivity index (χ4n) is 1.70. The molecule has 0 fully saturated rings. The van der Waals surface area contributed by atoms with Crippen LogP contribution in [0.2, 0.25) is 0 Å². The number of pyridine rings is 1. The largest absolute Gasteiger partial charge is 0.452 e. The molecule has 0 aliphatic heterocycles.